The van der Waals surface area contributed by atoms with E-state index in [9.17, 15) is 0 Å². The molecule has 1 fully saturated rings. The summed E-state index contributed by atoms with van der Waals surface area (Å²) >= 11 is 0. The van der Waals surface area contributed by atoms with Crippen LogP contribution in [0.3, 0.4) is 0 Å². The molecular weight excluding hydrogens is 172 g/mol. The summed E-state index contributed by atoms with van der Waals surface area (Å²) in [4.78, 5) is 0. The molecule has 0 aromatic carbocycles. The molecule has 2 nitrogen and oxygen atoms in total. The molecule has 2 unspecified atom stereocenters. The maximum absolute atomic E-state index is 4.36. The Hall–Kier alpha value is -0.920. The van der Waals surface area contributed by atoms with E-state index in [0.29, 0.717) is 11.3 Å². The third kappa shape index (κ3) is 0.667. The van der Waals surface area contributed by atoms with Gasteiger partial charge in [-0.15, -0.1) is 0 Å². The minimum absolute atomic E-state index is 0.265. The van der Waals surface area contributed by atoms with Crippen LogP contribution in [0, 0.1) is 5.41 Å². The molecule has 1 heterocycles. The first-order chi connectivity index (χ1) is 6.57. The van der Waals surface area contributed by atoms with Crippen LogP contribution in [0.2, 0.25) is 0 Å². The molecule has 0 N–H and O–H groups in total. The van der Waals surface area contributed by atoms with Crippen molar-refractivity contribution in [1.29, 1.82) is 0 Å². The van der Waals surface area contributed by atoms with Crippen molar-refractivity contribution in [2.45, 2.75) is 44.9 Å². The Bertz CT molecular complexity index is 397. The molecule has 1 saturated carbocycles. The second-order valence-corrected chi connectivity index (χ2v) is 5.48. The van der Waals surface area contributed by atoms with E-state index in [-0.39, 0.29) is 5.41 Å². The summed E-state index contributed by atoms with van der Waals surface area (Å²) in [5, 5.41) is 8.40. The maximum Gasteiger partial charge on any atom is 0.0730 e. The molecule has 0 aliphatic heterocycles. The van der Waals surface area contributed by atoms with E-state index in [4.69, 9.17) is 0 Å². The van der Waals surface area contributed by atoms with E-state index in [0.717, 1.165) is 0 Å². The Morgan fingerprint density at radius 3 is 2.86 bits per heavy atom. The topological polar surface area (TPSA) is 25.8 Å². The van der Waals surface area contributed by atoms with Crippen LogP contribution in [0.1, 0.15) is 50.8 Å². The number of nitrogens with zero attached hydrogens (tertiary/aromatic N) is 2. The normalized spacial score (nSPS) is 37.2. The van der Waals surface area contributed by atoms with Crippen molar-refractivity contribution in [3.8, 4) is 0 Å². The Morgan fingerprint density at radius 2 is 2.14 bits per heavy atom. The molecule has 2 aliphatic carbocycles. The van der Waals surface area contributed by atoms with Crippen molar-refractivity contribution < 1.29 is 0 Å². The minimum atomic E-state index is 0.265. The van der Waals surface area contributed by atoms with Gasteiger partial charge in [-0.25, -0.2) is 0 Å². The average molecular weight is 188 g/mol. The molecule has 14 heavy (non-hydrogen) atoms. The smallest absolute Gasteiger partial charge is 0.0730 e. The zero-order valence-corrected chi connectivity index (χ0v) is 9.04. The van der Waals surface area contributed by atoms with Gasteiger partial charge >= 0.3 is 0 Å². The van der Waals surface area contributed by atoms with Gasteiger partial charge in [0.05, 0.1) is 5.69 Å². The summed E-state index contributed by atoms with van der Waals surface area (Å²) in [7, 11) is 0. The van der Waals surface area contributed by atoms with Gasteiger partial charge in [0.2, 0.25) is 0 Å². The summed E-state index contributed by atoms with van der Waals surface area (Å²) in [6.07, 6.45) is 4.43. The highest BCUT2D eigenvalue weighted by Gasteiger charge is 2.60. The largest absolute Gasteiger partial charge is 0.159 e. The third-order valence-electron chi connectivity index (χ3n) is 4.88. The van der Waals surface area contributed by atoms with Crippen molar-refractivity contribution in [3.63, 3.8) is 0 Å². The van der Waals surface area contributed by atoms with Crippen LogP contribution < -0.4 is 0 Å². The van der Waals surface area contributed by atoms with Gasteiger partial charge in [-0.2, -0.15) is 10.2 Å². The molecule has 2 aliphatic rings. The van der Waals surface area contributed by atoms with E-state index >= 15 is 0 Å². The predicted molar refractivity (Wildman–Crippen MR) is 55.1 cm³/mol. The summed E-state index contributed by atoms with van der Waals surface area (Å²) in [6.45, 7) is 7.12. The lowest BCUT2D eigenvalue weighted by atomic mass is 9.70. The molecule has 0 spiro atoms. The molecule has 2 bridgehead atoms. The molecule has 3 rings (SSSR count). The van der Waals surface area contributed by atoms with Crippen LogP contribution in [0.4, 0.5) is 0 Å². The van der Waals surface area contributed by atoms with E-state index in [1.807, 2.05) is 6.20 Å². The third-order valence-corrected chi connectivity index (χ3v) is 4.88. The van der Waals surface area contributed by atoms with E-state index in [2.05, 4.69) is 37.0 Å². The summed E-state index contributed by atoms with van der Waals surface area (Å²) in [5.41, 5.74) is 3.35. The summed E-state index contributed by atoms with van der Waals surface area (Å²) in [6, 6.07) is 2.17. The number of rotatable bonds is 0. The van der Waals surface area contributed by atoms with Gasteiger partial charge in [-0.3, -0.25) is 0 Å². The first kappa shape index (κ1) is 8.39. The van der Waals surface area contributed by atoms with Crippen molar-refractivity contribution >= 4 is 0 Å². The fraction of sp³-hybridized carbons (Fsp3) is 0.667. The highest BCUT2D eigenvalue weighted by Crippen LogP contribution is 2.66. The monoisotopic (exact) mass is 188 g/mol. The van der Waals surface area contributed by atoms with Gasteiger partial charge in [0.15, 0.2) is 0 Å². The highest BCUT2D eigenvalue weighted by atomic mass is 15.1. The lowest BCUT2D eigenvalue weighted by Gasteiger charge is -2.33. The molecule has 0 amide bonds. The zero-order valence-electron chi connectivity index (χ0n) is 9.04. The lowest BCUT2D eigenvalue weighted by Crippen LogP contribution is -2.32. The molecule has 74 valence electrons. The van der Waals surface area contributed by atoms with Gasteiger partial charge < -0.3 is 0 Å². The van der Waals surface area contributed by atoms with Gasteiger partial charge in [0.25, 0.3) is 0 Å². The minimum Gasteiger partial charge on any atom is -0.159 e. The zero-order chi connectivity index (χ0) is 9.97. The standard InChI is InChI=1S/C12H16N2/c1-11(2)9-4-6-12(11,3)10-8(9)5-7-13-14-10/h5,7,9H,4,6H2,1-3H3. The van der Waals surface area contributed by atoms with Gasteiger partial charge in [-0.1, -0.05) is 20.8 Å². The number of aromatic nitrogens is 2. The van der Waals surface area contributed by atoms with Gasteiger partial charge in [0.1, 0.15) is 0 Å². The van der Waals surface area contributed by atoms with Gasteiger partial charge in [0, 0.05) is 11.6 Å². The highest BCUT2D eigenvalue weighted by molar-refractivity contribution is 5.43. The summed E-state index contributed by atoms with van der Waals surface area (Å²) in [5.74, 6) is 0.706. The lowest BCUT2D eigenvalue weighted by molar-refractivity contribution is 0.226. The SMILES string of the molecule is CC12CCC(c3ccnnc31)C2(C)C. The van der Waals surface area contributed by atoms with Crippen LogP contribution in [-0.4, -0.2) is 10.2 Å². The van der Waals surface area contributed by atoms with E-state index in [1.54, 1.807) is 0 Å². The second-order valence-electron chi connectivity index (χ2n) is 5.48. The van der Waals surface area contributed by atoms with Crippen LogP contribution in [-0.2, 0) is 5.41 Å². The van der Waals surface area contributed by atoms with Crippen LogP contribution >= 0.6 is 0 Å². The first-order valence-corrected chi connectivity index (χ1v) is 5.39. The molecule has 0 radical (unpaired) electrons. The van der Waals surface area contributed by atoms with Crippen molar-refractivity contribution in [1.82, 2.24) is 10.2 Å². The molecule has 0 saturated heterocycles. The Balaban J connectivity index is 2.31. The Morgan fingerprint density at radius 1 is 1.36 bits per heavy atom. The first-order valence-electron chi connectivity index (χ1n) is 5.39. The number of hydrogen-bond acceptors (Lipinski definition) is 2. The second kappa shape index (κ2) is 2.18. The van der Waals surface area contributed by atoms with E-state index in [1.165, 1.54) is 24.1 Å². The Kier molecular flexibility index (Phi) is 1.31. The van der Waals surface area contributed by atoms with E-state index < -0.39 is 0 Å². The molecule has 2 atom stereocenters. The molecule has 2 heteroatoms. The summed E-state index contributed by atoms with van der Waals surface area (Å²) < 4.78 is 0. The number of hydrogen-bond donors (Lipinski definition) is 0. The van der Waals surface area contributed by atoms with Crippen LogP contribution in [0.25, 0.3) is 0 Å². The maximum atomic E-state index is 4.36. The van der Waals surface area contributed by atoms with Crippen LogP contribution in [0.15, 0.2) is 12.3 Å². The number of fused-ring (bicyclic) bond motifs is 5. The van der Waals surface area contributed by atoms with Gasteiger partial charge in [-0.05, 0) is 35.8 Å². The van der Waals surface area contributed by atoms with Crippen molar-refractivity contribution in [2.75, 3.05) is 0 Å². The average Bonchev–Trinajstić information content (AvgIpc) is 2.49. The fourth-order valence-electron chi connectivity index (χ4n) is 3.52. The van der Waals surface area contributed by atoms with Crippen LogP contribution in [0.5, 0.6) is 0 Å². The molecule has 1 aromatic rings. The predicted octanol–water partition coefficient (Wildman–Crippen LogP) is 2.65. The quantitative estimate of drug-likeness (QED) is 0.625. The van der Waals surface area contributed by atoms with Crippen molar-refractivity contribution in [3.05, 3.63) is 23.5 Å². The fourth-order valence-corrected chi connectivity index (χ4v) is 3.52. The molecule has 1 aromatic heterocycles. The molecular formula is C12H16N2. The van der Waals surface area contributed by atoms with Crippen molar-refractivity contribution in [2.24, 2.45) is 5.41 Å². The Labute approximate surface area is 84.7 Å².